The van der Waals surface area contributed by atoms with Crippen molar-refractivity contribution in [3.63, 3.8) is 0 Å². The number of rotatable bonds is 5. The molecular formula is C16H17Cl2N3O2S. The van der Waals surface area contributed by atoms with Crippen LogP contribution in [0.3, 0.4) is 0 Å². The quantitative estimate of drug-likeness (QED) is 0.848. The minimum Gasteiger partial charge on any atom is -0.482 e. The molecule has 128 valence electrons. The van der Waals surface area contributed by atoms with Crippen molar-refractivity contribution >= 4 is 45.6 Å². The summed E-state index contributed by atoms with van der Waals surface area (Å²) in [7, 11) is 0. The summed E-state index contributed by atoms with van der Waals surface area (Å²) in [4.78, 5) is 20.1. The summed E-state index contributed by atoms with van der Waals surface area (Å²) < 4.78 is 5.43. The number of anilines is 1. The highest BCUT2D eigenvalue weighted by Crippen LogP contribution is 2.29. The van der Waals surface area contributed by atoms with E-state index in [0.717, 1.165) is 31.7 Å². The molecule has 1 aromatic heterocycles. The number of carbonyl (C=O) groups excluding carboxylic acids is 1. The molecule has 0 saturated carbocycles. The number of hydrogen-bond acceptors (Lipinski definition) is 5. The van der Waals surface area contributed by atoms with Crippen molar-refractivity contribution in [1.82, 2.24) is 9.88 Å². The number of aromatic nitrogens is 1. The Labute approximate surface area is 154 Å². The van der Waals surface area contributed by atoms with Gasteiger partial charge in [-0.15, -0.1) is 11.3 Å². The van der Waals surface area contributed by atoms with E-state index >= 15 is 0 Å². The fraction of sp³-hybridized carbons (Fsp3) is 0.375. The summed E-state index contributed by atoms with van der Waals surface area (Å²) in [6.45, 7) is 4.93. The smallest absolute Gasteiger partial charge is 0.264 e. The molecule has 0 saturated heterocycles. The van der Waals surface area contributed by atoms with Gasteiger partial charge in [0.1, 0.15) is 5.75 Å². The molecule has 1 aliphatic heterocycles. The van der Waals surface area contributed by atoms with Crippen LogP contribution in [0.15, 0.2) is 18.2 Å². The van der Waals surface area contributed by atoms with E-state index in [2.05, 4.69) is 22.1 Å². The average Bonchev–Trinajstić information content (AvgIpc) is 2.96. The molecule has 3 rings (SSSR count). The van der Waals surface area contributed by atoms with Gasteiger partial charge in [0.2, 0.25) is 0 Å². The van der Waals surface area contributed by atoms with Crippen molar-refractivity contribution in [3.8, 4) is 5.75 Å². The zero-order chi connectivity index (χ0) is 17.1. The summed E-state index contributed by atoms with van der Waals surface area (Å²) in [5.41, 5.74) is 1.08. The molecule has 0 fully saturated rings. The number of ether oxygens (including phenoxy) is 1. The van der Waals surface area contributed by atoms with Gasteiger partial charge < -0.3 is 4.74 Å². The van der Waals surface area contributed by atoms with Gasteiger partial charge in [-0.1, -0.05) is 30.1 Å². The lowest BCUT2D eigenvalue weighted by Crippen LogP contribution is -2.29. The molecule has 5 nitrogen and oxygen atoms in total. The fourth-order valence-electron chi connectivity index (χ4n) is 2.46. The van der Waals surface area contributed by atoms with Crippen LogP contribution in [0, 0.1) is 0 Å². The molecule has 0 atom stereocenters. The second-order valence-electron chi connectivity index (χ2n) is 5.42. The number of hydrogen-bond donors (Lipinski definition) is 1. The van der Waals surface area contributed by atoms with Gasteiger partial charge in [0, 0.05) is 35.5 Å². The summed E-state index contributed by atoms with van der Waals surface area (Å²) >= 11 is 13.4. The molecule has 8 heteroatoms. The van der Waals surface area contributed by atoms with Gasteiger partial charge in [-0.25, -0.2) is 4.98 Å². The first-order valence-corrected chi connectivity index (χ1v) is 9.21. The lowest BCUT2D eigenvalue weighted by molar-refractivity contribution is -0.118. The highest BCUT2D eigenvalue weighted by atomic mass is 35.5. The Kier molecular flexibility index (Phi) is 5.61. The minimum absolute atomic E-state index is 0.147. The molecule has 0 radical (unpaired) electrons. The lowest BCUT2D eigenvalue weighted by Gasteiger charge is -2.23. The van der Waals surface area contributed by atoms with E-state index in [-0.39, 0.29) is 12.5 Å². The third kappa shape index (κ3) is 4.19. The van der Waals surface area contributed by atoms with Crippen molar-refractivity contribution in [1.29, 1.82) is 0 Å². The van der Waals surface area contributed by atoms with E-state index in [9.17, 15) is 4.79 Å². The molecule has 2 heterocycles. The summed E-state index contributed by atoms with van der Waals surface area (Å²) in [6.07, 6.45) is 0.921. The molecule has 1 N–H and O–H groups in total. The second kappa shape index (κ2) is 7.70. The first-order chi connectivity index (χ1) is 11.5. The monoisotopic (exact) mass is 385 g/mol. The number of halogens is 2. The number of amides is 1. The number of nitrogens with zero attached hydrogens (tertiary/aromatic N) is 2. The molecule has 0 spiro atoms. The fourth-order valence-corrected chi connectivity index (χ4v) is 3.86. The Balaban J connectivity index is 1.58. The van der Waals surface area contributed by atoms with Crippen molar-refractivity contribution in [3.05, 3.63) is 38.8 Å². The normalized spacial score (nSPS) is 14.3. The zero-order valence-corrected chi connectivity index (χ0v) is 15.5. The predicted molar refractivity (Wildman–Crippen MR) is 97.4 cm³/mol. The Morgan fingerprint density at radius 1 is 1.46 bits per heavy atom. The van der Waals surface area contributed by atoms with Gasteiger partial charge >= 0.3 is 0 Å². The van der Waals surface area contributed by atoms with Crippen LogP contribution in [0.4, 0.5) is 5.13 Å². The number of carbonyl (C=O) groups is 1. The van der Waals surface area contributed by atoms with Crippen molar-refractivity contribution < 1.29 is 9.53 Å². The number of benzene rings is 1. The third-order valence-electron chi connectivity index (χ3n) is 3.76. The van der Waals surface area contributed by atoms with Crippen molar-refractivity contribution in [2.45, 2.75) is 19.9 Å². The van der Waals surface area contributed by atoms with Crippen LogP contribution in [-0.2, 0) is 17.8 Å². The van der Waals surface area contributed by atoms with Crippen LogP contribution in [-0.4, -0.2) is 35.5 Å². The van der Waals surface area contributed by atoms with Crippen LogP contribution in [0.5, 0.6) is 5.75 Å². The SMILES string of the molecule is CCN1CCc2nc(NC(=O)COc3cc(Cl)ccc3Cl)sc2C1. The minimum atomic E-state index is -0.274. The van der Waals surface area contributed by atoms with Crippen molar-refractivity contribution in [2.24, 2.45) is 0 Å². The van der Waals surface area contributed by atoms with Crippen LogP contribution in [0.2, 0.25) is 10.0 Å². The Morgan fingerprint density at radius 3 is 3.08 bits per heavy atom. The maximum absolute atomic E-state index is 12.1. The zero-order valence-electron chi connectivity index (χ0n) is 13.1. The Morgan fingerprint density at radius 2 is 2.29 bits per heavy atom. The first kappa shape index (κ1) is 17.5. The number of likely N-dealkylation sites (N-methyl/N-ethyl adjacent to an activating group) is 1. The van der Waals surface area contributed by atoms with Crippen LogP contribution in [0.25, 0.3) is 0 Å². The molecule has 0 unspecified atom stereocenters. The summed E-state index contributed by atoms with van der Waals surface area (Å²) in [6, 6.07) is 4.88. The largest absolute Gasteiger partial charge is 0.482 e. The molecular weight excluding hydrogens is 369 g/mol. The molecule has 1 amide bonds. The molecule has 0 aliphatic carbocycles. The Hall–Kier alpha value is -1.34. The van der Waals surface area contributed by atoms with Crippen LogP contribution in [0.1, 0.15) is 17.5 Å². The third-order valence-corrected chi connectivity index (χ3v) is 5.30. The van der Waals surface area contributed by atoms with E-state index in [1.54, 1.807) is 18.2 Å². The van der Waals surface area contributed by atoms with Crippen LogP contribution >= 0.6 is 34.5 Å². The maximum Gasteiger partial charge on any atom is 0.264 e. The summed E-state index contributed by atoms with van der Waals surface area (Å²) in [5, 5.41) is 4.32. The van der Waals surface area contributed by atoms with E-state index < -0.39 is 0 Å². The van der Waals surface area contributed by atoms with Crippen LogP contribution < -0.4 is 10.1 Å². The van der Waals surface area contributed by atoms with Gasteiger partial charge in [0.05, 0.1) is 10.7 Å². The standard InChI is InChI=1S/C16H17Cl2N3O2S/c1-2-21-6-5-12-14(8-21)24-16(19-12)20-15(22)9-23-13-7-10(17)3-4-11(13)18/h3-4,7H,2,5-6,8-9H2,1H3,(H,19,20,22). The Bertz CT molecular complexity index is 751. The van der Waals surface area contributed by atoms with E-state index in [4.69, 9.17) is 27.9 Å². The van der Waals surface area contributed by atoms with Crippen molar-refractivity contribution in [2.75, 3.05) is 25.0 Å². The summed E-state index contributed by atoms with van der Waals surface area (Å²) in [5.74, 6) is 0.112. The van der Waals surface area contributed by atoms with E-state index in [0.29, 0.717) is 20.9 Å². The van der Waals surface area contributed by atoms with E-state index in [1.165, 1.54) is 16.2 Å². The topological polar surface area (TPSA) is 54.5 Å². The van der Waals surface area contributed by atoms with Gasteiger partial charge in [0.25, 0.3) is 5.91 Å². The maximum atomic E-state index is 12.1. The number of thiazole rings is 1. The highest BCUT2D eigenvalue weighted by molar-refractivity contribution is 7.15. The van der Waals surface area contributed by atoms with Gasteiger partial charge in [-0.05, 0) is 18.7 Å². The van der Waals surface area contributed by atoms with Gasteiger partial charge in [-0.3, -0.25) is 15.0 Å². The predicted octanol–water partition coefficient (Wildman–Crippen LogP) is 3.85. The van der Waals surface area contributed by atoms with Gasteiger partial charge in [-0.2, -0.15) is 0 Å². The lowest BCUT2D eigenvalue weighted by atomic mass is 10.2. The van der Waals surface area contributed by atoms with E-state index in [1.807, 2.05) is 0 Å². The van der Waals surface area contributed by atoms with Gasteiger partial charge in [0.15, 0.2) is 11.7 Å². The number of nitrogens with one attached hydrogen (secondary N) is 1. The first-order valence-electron chi connectivity index (χ1n) is 7.63. The molecule has 1 aromatic carbocycles. The molecule has 0 bridgehead atoms. The average molecular weight is 386 g/mol. The molecule has 2 aromatic rings. The molecule has 1 aliphatic rings. The molecule has 24 heavy (non-hydrogen) atoms. The highest BCUT2D eigenvalue weighted by Gasteiger charge is 2.20. The number of fused-ring (bicyclic) bond motifs is 1. The second-order valence-corrected chi connectivity index (χ2v) is 7.35.